The van der Waals surface area contributed by atoms with Crippen LogP contribution in [0, 0.1) is 5.92 Å². The Morgan fingerprint density at radius 1 is 1.13 bits per heavy atom. The van der Waals surface area contributed by atoms with Crippen LogP contribution in [0.15, 0.2) is 53.3 Å². The van der Waals surface area contributed by atoms with Crippen LogP contribution in [0.25, 0.3) is 11.0 Å². The third-order valence-corrected chi connectivity index (χ3v) is 6.92. The van der Waals surface area contributed by atoms with Crippen LogP contribution in [0.1, 0.15) is 36.8 Å². The number of carbonyl (C=O) groups excluding carboxylic acids is 1. The minimum Gasteiger partial charge on any atom is -0.355 e. The van der Waals surface area contributed by atoms with Gasteiger partial charge in [-0.05, 0) is 48.9 Å². The van der Waals surface area contributed by atoms with Crippen LogP contribution in [-0.2, 0) is 4.79 Å². The summed E-state index contributed by atoms with van der Waals surface area (Å²) in [5.74, 6) is 0.671. The molecule has 1 aliphatic carbocycles. The van der Waals surface area contributed by atoms with Crippen molar-refractivity contribution in [2.75, 3.05) is 26.2 Å². The number of aromatic amines is 1. The molecule has 1 aromatic heterocycles. The molecule has 162 valence electrons. The maximum atomic E-state index is 12.5. The van der Waals surface area contributed by atoms with Crippen LogP contribution in [0.3, 0.4) is 0 Å². The van der Waals surface area contributed by atoms with Crippen LogP contribution < -0.4 is 11.0 Å². The summed E-state index contributed by atoms with van der Waals surface area (Å²) in [7, 11) is 0. The second-order valence-corrected chi connectivity index (χ2v) is 9.12. The summed E-state index contributed by atoms with van der Waals surface area (Å²) in [5.41, 5.74) is 2.90. The van der Waals surface area contributed by atoms with E-state index in [0.717, 1.165) is 49.9 Å². The second kappa shape index (κ2) is 8.52. The number of nitrogens with one attached hydrogen (secondary N) is 2. The highest BCUT2D eigenvalue weighted by molar-refractivity contribution is 6.31. The normalized spacial score (nSPS) is 22.0. The van der Waals surface area contributed by atoms with E-state index < -0.39 is 0 Å². The number of imidazole rings is 1. The van der Waals surface area contributed by atoms with Gasteiger partial charge in [-0.15, -0.1) is 0 Å². The number of likely N-dealkylation sites (tertiary alicyclic amines) is 1. The van der Waals surface area contributed by atoms with Crippen molar-refractivity contribution >= 4 is 28.5 Å². The lowest BCUT2D eigenvalue weighted by atomic mass is 10.0. The Hall–Kier alpha value is -2.57. The molecule has 6 nitrogen and oxygen atoms in total. The number of amides is 1. The van der Waals surface area contributed by atoms with E-state index in [-0.39, 0.29) is 23.6 Å². The molecule has 1 aliphatic heterocycles. The quantitative estimate of drug-likeness (QED) is 0.618. The summed E-state index contributed by atoms with van der Waals surface area (Å²) in [6, 6.07) is 16.0. The highest BCUT2D eigenvalue weighted by atomic mass is 35.5. The molecule has 3 aromatic rings. The first-order valence-corrected chi connectivity index (χ1v) is 11.4. The molecule has 2 aromatic carbocycles. The van der Waals surface area contributed by atoms with Crippen molar-refractivity contribution in [3.8, 4) is 0 Å². The number of nitrogens with zero attached hydrogens (tertiary/aromatic N) is 2. The van der Waals surface area contributed by atoms with Gasteiger partial charge in [0, 0.05) is 43.2 Å². The molecule has 1 saturated heterocycles. The summed E-state index contributed by atoms with van der Waals surface area (Å²) in [6.07, 6.45) is 2.79. The number of H-pyrrole nitrogens is 1. The summed E-state index contributed by atoms with van der Waals surface area (Å²) < 4.78 is 1.88. The Bertz CT molecular complexity index is 1130. The molecule has 2 N–H and O–H groups in total. The highest BCUT2D eigenvalue weighted by Gasteiger charge is 2.43. The van der Waals surface area contributed by atoms with Crippen LogP contribution in [0.5, 0.6) is 0 Å². The Morgan fingerprint density at radius 3 is 2.68 bits per heavy atom. The van der Waals surface area contributed by atoms with Gasteiger partial charge in [0.25, 0.3) is 0 Å². The van der Waals surface area contributed by atoms with Crippen LogP contribution in [0.4, 0.5) is 0 Å². The van der Waals surface area contributed by atoms with E-state index in [1.54, 1.807) is 6.07 Å². The van der Waals surface area contributed by atoms with E-state index in [4.69, 9.17) is 11.6 Å². The molecule has 0 bridgehead atoms. The SMILES string of the molecule is O=C(NCCN1CCC(n2c(=O)[nH]c3cc(Cl)ccc32)CC1)[C@@H]1C[C@H]1c1ccccc1. The first-order valence-electron chi connectivity index (χ1n) is 11.0. The van der Waals surface area contributed by atoms with Gasteiger partial charge in [-0.25, -0.2) is 4.79 Å². The number of hydrogen-bond acceptors (Lipinski definition) is 3. The van der Waals surface area contributed by atoms with E-state index in [9.17, 15) is 9.59 Å². The molecular weight excluding hydrogens is 412 g/mol. The van der Waals surface area contributed by atoms with E-state index in [0.29, 0.717) is 17.5 Å². The molecule has 2 heterocycles. The van der Waals surface area contributed by atoms with Gasteiger partial charge in [0.1, 0.15) is 0 Å². The van der Waals surface area contributed by atoms with Gasteiger partial charge in [0.05, 0.1) is 11.0 Å². The predicted octanol–water partition coefficient (Wildman–Crippen LogP) is 3.54. The summed E-state index contributed by atoms with van der Waals surface area (Å²) in [4.78, 5) is 30.2. The summed E-state index contributed by atoms with van der Waals surface area (Å²) in [6.45, 7) is 3.36. The monoisotopic (exact) mass is 438 g/mol. The van der Waals surface area contributed by atoms with Gasteiger partial charge in [-0.3, -0.25) is 9.36 Å². The number of hydrogen-bond donors (Lipinski definition) is 2. The number of rotatable bonds is 6. The van der Waals surface area contributed by atoms with Crippen molar-refractivity contribution in [2.24, 2.45) is 5.92 Å². The lowest BCUT2D eigenvalue weighted by Gasteiger charge is -2.32. The predicted molar refractivity (Wildman–Crippen MR) is 123 cm³/mol. The van der Waals surface area contributed by atoms with Crippen LogP contribution >= 0.6 is 11.6 Å². The Balaban J connectivity index is 1.09. The van der Waals surface area contributed by atoms with Gasteiger partial charge in [-0.2, -0.15) is 0 Å². The van der Waals surface area contributed by atoms with Crippen molar-refractivity contribution in [3.05, 3.63) is 69.6 Å². The molecule has 0 spiro atoms. The van der Waals surface area contributed by atoms with Gasteiger partial charge >= 0.3 is 5.69 Å². The van der Waals surface area contributed by atoms with Crippen LogP contribution in [-0.4, -0.2) is 46.5 Å². The molecule has 2 aliphatic rings. The largest absolute Gasteiger partial charge is 0.355 e. The molecule has 1 saturated carbocycles. The molecule has 2 atom stereocenters. The molecule has 31 heavy (non-hydrogen) atoms. The van der Waals surface area contributed by atoms with Crippen LogP contribution in [0.2, 0.25) is 5.02 Å². The summed E-state index contributed by atoms with van der Waals surface area (Å²) >= 11 is 6.05. The Labute approximate surface area is 186 Å². The van der Waals surface area contributed by atoms with Crippen molar-refractivity contribution in [1.29, 1.82) is 0 Å². The summed E-state index contributed by atoms with van der Waals surface area (Å²) in [5, 5.41) is 3.74. The maximum Gasteiger partial charge on any atom is 0.326 e. The Morgan fingerprint density at radius 2 is 1.90 bits per heavy atom. The van der Waals surface area contributed by atoms with E-state index in [1.807, 2.05) is 34.9 Å². The fourth-order valence-corrected chi connectivity index (χ4v) is 5.06. The minimum atomic E-state index is -0.0691. The molecule has 0 radical (unpaired) electrons. The fraction of sp³-hybridized carbons (Fsp3) is 0.417. The lowest BCUT2D eigenvalue weighted by Crippen LogP contribution is -2.41. The lowest BCUT2D eigenvalue weighted by molar-refractivity contribution is -0.122. The minimum absolute atomic E-state index is 0.0691. The zero-order chi connectivity index (χ0) is 21.4. The highest BCUT2D eigenvalue weighted by Crippen LogP contribution is 2.47. The molecular formula is C24H27ClN4O2. The van der Waals surface area contributed by atoms with Crippen molar-refractivity contribution in [2.45, 2.75) is 31.2 Å². The van der Waals surface area contributed by atoms with Gasteiger partial charge in [-0.1, -0.05) is 41.9 Å². The number of fused-ring (bicyclic) bond motifs is 1. The van der Waals surface area contributed by atoms with Crippen molar-refractivity contribution in [1.82, 2.24) is 19.8 Å². The standard InChI is InChI=1S/C24H27ClN4O2/c25-17-6-7-22-21(14-17)27-24(31)29(22)18-8-11-28(12-9-18)13-10-26-23(30)20-15-19(20)16-4-2-1-3-5-16/h1-7,14,18-20H,8-13,15H2,(H,26,30)(H,27,31)/t19-,20+/m0/s1. The van der Waals surface area contributed by atoms with E-state index >= 15 is 0 Å². The average Bonchev–Trinajstić information content (AvgIpc) is 3.52. The van der Waals surface area contributed by atoms with E-state index in [2.05, 4.69) is 27.3 Å². The zero-order valence-corrected chi connectivity index (χ0v) is 18.1. The molecule has 7 heteroatoms. The number of halogens is 1. The third-order valence-electron chi connectivity index (χ3n) is 6.68. The maximum absolute atomic E-state index is 12.5. The first-order chi connectivity index (χ1) is 15.1. The first kappa shape index (κ1) is 20.3. The molecule has 0 unspecified atom stereocenters. The zero-order valence-electron chi connectivity index (χ0n) is 17.4. The Kier molecular flexibility index (Phi) is 5.59. The number of aromatic nitrogens is 2. The number of piperidine rings is 1. The third kappa shape index (κ3) is 4.27. The smallest absolute Gasteiger partial charge is 0.326 e. The van der Waals surface area contributed by atoms with Crippen molar-refractivity contribution < 1.29 is 4.79 Å². The fourth-order valence-electron chi connectivity index (χ4n) is 4.89. The molecule has 2 fully saturated rings. The van der Waals surface area contributed by atoms with E-state index in [1.165, 1.54) is 5.56 Å². The number of benzene rings is 2. The van der Waals surface area contributed by atoms with Gasteiger partial charge in [0.2, 0.25) is 5.91 Å². The van der Waals surface area contributed by atoms with Crippen molar-refractivity contribution in [3.63, 3.8) is 0 Å². The number of carbonyl (C=O) groups is 1. The average molecular weight is 439 g/mol. The topological polar surface area (TPSA) is 70.1 Å². The van der Waals surface area contributed by atoms with Gasteiger partial charge in [0.15, 0.2) is 0 Å². The second-order valence-electron chi connectivity index (χ2n) is 8.68. The molecule has 1 amide bonds. The van der Waals surface area contributed by atoms with Gasteiger partial charge < -0.3 is 15.2 Å². The molecule has 5 rings (SSSR count).